The van der Waals surface area contributed by atoms with Crippen LogP contribution < -0.4 is 4.74 Å². The zero-order valence-corrected chi connectivity index (χ0v) is 7.48. The van der Waals surface area contributed by atoms with Crippen LogP contribution in [0.1, 0.15) is 5.56 Å². The molecule has 0 aliphatic heterocycles. The Morgan fingerprint density at radius 1 is 1.46 bits per heavy atom. The maximum Gasteiger partial charge on any atom is 0.192 e. The van der Waals surface area contributed by atoms with Gasteiger partial charge in [-0.15, -0.1) is 0 Å². The number of ether oxygens (including phenoxy) is 1. The third kappa shape index (κ3) is 1.28. The van der Waals surface area contributed by atoms with Gasteiger partial charge in [-0.05, 0) is 12.5 Å². The second kappa shape index (κ2) is 2.93. The van der Waals surface area contributed by atoms with Gasteiger partial charge in [-0.3, -0.25) is 5.10 Å². The van der Waals surface area contributed by atoms with E-state index in [0.717, 1.165) is 11.4 Å². The first-order chi connectivity index (χ1) is 6.31. The van der Waals surface area contributed by atoms with Gasteiger partial charge in [0.1, 0.15) is 0 Å². The van der Waals surface area contributed by atoms with E-state index in [4.69, 9.17) is 4.74 Å². The number of hydrogen-bond donors (Lipinski definition) is 1. The fourth-order valence-corrected chi connectivity index (χ4v) is 1.12. The molecule has 0 radical (unpaired) electrons. The van der Waals surface area contributed by atoms with Gasteiger partial charge < -0.3 is 4.74 Å². The minimum atomic E-state index is 0.683. The third-order valence-corrected chi connectivity index (χ3v) is 1.75. The highest BCUT2D eigenvalue weighted by molar-refractivity contribution is 5.37. The van der Waals surface area contributed by atoms with Crippen LogP contribution in [0.5, 0.6) is 5.75 Å². The third-order valence-electron chi connectivity index (χ3n) is 1.75. The molecule has 13 heavy (non-hydrogen) atoms. The Labute approximate surface area is 75.3 Å². The van der Waals surface area contributed by atoms with Crippen LogP contribution in [-0.2, 0) is 0 Å². The van der Waals surface area contributed by atoms with Gasteiger partial charge in [0.05, 0.1) is 19.5 Å². The van der Waals surface area contributed by atoms with Crippen LogP contribution >= 0.6 is 0 Å². The SMILES string of the molecule is COc1cn[nH]c1-n1cc(C)cn1. The molecule has 2 aromatic rings. The Kier molecular flexibility index (Phi) is 1.77. The lowest BCUT2D eigenvalue weighted by Crippen LogP contribution is -1.97. The van der Waals surface area contributed by atoms with Gasteiger partial charge in [-0.25, -0.2) is 4.68 Å². The number of nitrogens with zero attached hydrogens (tertiary/aromatic N) is 3. The van der Waals surface area contributed by atoms with Crippen LogP contribution in [0.15, 0.2) is 18.6 Å². The highest BCUT2D eigenvalue weighted by atomic mass is 16.5. The van der Waals surface area contributed by atoms with Gasteiger partial charge in [0.25, 0.3) is 0 Å². The number of hydrogen-bond acceptors (Lipinski definition) is 3. The summed E-state index contributed by atoms with van der Waals surface area (Å²) in [6.45, 7) is 1.98. The summed E-state index contributed by atoms with van der Waals surface area (Å²) >= 11 is 0. The zero-order chi connectivity index (χ0) is 9.26. The van der Waals surface area contributed by atoms with Crippen molar-refractivity contribution in [3.05, 3.63) is 24.2 Å². The van der Waals surface area contributed by atoms with Crippen LogP contribution in [0.2, 0.25) is 0 Å². The Hall–Kier alpha value is -1.78. The quantitative estimate of drug-likeness (QED) is 0.743. The number of aromatic amines is 1. The molecule has 0 fully saturated rings. The Morgan fingerprint density at radius 3 is 2.92 bits per heavy atom. The largest absolute Gasteiger partial charge is 0.491 e. The first-order valence-corrected chi connectivity index (χ1v) is 3.90. The summed E-state index contributed by atoms with van der Waals surface area (Å²) in [6.07, 6.45) is 5.29. The Morgan fingerprint density at radius 2 is 2.31 bits per heavy atom. The second-order valence-electron chi connectivity index (χ2n) is 2.75. The molecule has 0 aliphatic carbocycles. The smallest absolute Gasteiger partial charge is 0.192 e. The summed E-state index contributed by atoms with van der Waals surface area (Å²) in [4.78, 5) is 0. The first-order valence-electron chi connectivity index (χ1n) is 3.90. The lowest BCUT2D eigenvalue weighted by Gasteiger charge is -1.99. The highest BCUT2D eigenvalue weighted by Gasteiger charge is 2.07. The zero-order valence-electron chi connectivity index (χ0n) is 7.48. The van der Waals surface area contributed by atoms with Crippen molar-refractivity contribution in [3.8, 4) is 11.6 Å². The van der Waals surface area contributed by atoms with E-state index in [1.54, 1.807) is 24.2 Å². The van der Waals surface area contributed by atoms with Gasteiger partial charge in [-0.1, -0.05) is 0 Å². The molecule has 0 saturated carbocycles. The molecular formula is C8H10N4O. The number of aromatic nitrogens is 4. The second-order valence-corrected chi connectivity index (χ2v) is 2.75. The van der Waals surface area contributed by atoms with E-state index in [9.17, 15) is 0 Å². The highest BCUT2D eigenvalue weighted by Crippen LogP contribution is 2.17. The summed E-state index contributed by atoms with van der Waals surface area (Å²) in [5.74, 6) is 1.43. The maximum absolute atomic E-state index is 5.09. The Balaban J connectivity index is 2.45. The topological polar surface area (TPSA) is 55.7 Å². The normalized spacial score (nSPS) is 10.3. The molecule has 0 unspecified atom stereocenters. The molecule has 2 rings (SSSR count). The van der Waals surface area contributed by atoms with E-state index in [-0.39, 0.29) is 0 Å². The van der Waals surface area contributed by atoms with E-state index < -0.39 is 0 Å². The van der Waals surface area contributed by atoms with Crippen LogP contribution in [0.4, 0.5) is 0 Å². The van der Waals surface area contributed by atoms with Crippen molar-refractivity contribution in [1.82, 2.24) is 20.0 Å². The summed E-state index contributed by atoms with van der Waals surface area (Å²) < 4.78 is 6.79. The van der Waals surface area contributed by atoms with Gasteiger partial charge in [0.15, 0.2) is 11.6 Å². The molecule has 1 N–H and O–H groups in total. The standard InChI is InChI=1S/C8H10N4O/c1-6-3-10-12(5-6)8-7(13-2)4-9-11-8/h3-5H,1-2H3,(H,9,11). The molecule has 0 atom stereocenters. The average molecular weight is 178 g/mol. The molecule has 0 aromatic carbocycles. The van der Waals surface area contributed by atoms with Gasteiger partial charge in [0, 0.05) is 6.20 Å². The summed E-state index contributed by atoms with van der Waals surface area (Å²) in [5.41, 5.74) is 1.09. The van der Waals surface area contributed by atoms with Gasteiger partial charge in [0.2, 0.25) is 0 Å². The molecule has 0 spiro atoms. The molecule has 2 aromatic heterocycles. The minimum Gasteiger partial charge on any atom is -0.491 e. The number of H-pyrrole nitrogens is 1. The van der Waals surface area contributed by atoms with Crippen LogP contribution in [0.3, 0.4) is 0 Å². The molecule has 68 valence electrons. The monoisotopic (exact) mass is 178 g/mol. The van der Waals surface area contributed by atoms with Gasteiger partial charge in [-0.2, -0.15) is 10.2 Å². The van der Waals surface area contributed by atoms with Crippen molar-refractivity contribution in [3.63, 3.8) is 0 Å². The fraction of sp³-hybridized carbons (Fsp3) is 0.250. The molecule has 5 heteroatoms. The number of nitrogens with one attached hydrogen (secondary N) is 1. The van der Waals surface area contributed by atoms with Crippen LogP contribution in [0.25, 0.3) is 5.82 Å². The lowest BCUT2D eigenvalue weighted by molar-refractivity contribution is 0.412. The lowest BCUT2D eigenvalue weighted by atomic mass is 10.4. The number of rotatable bonds is 2. The first kappa shape index (κ1) is 7.85. The van der Waals surface area contributed by atoms with Crippen molar-refractivity contribution in [2.24, 2.45) is 0 Å². The van der Waals surface area contributed by atoms with E-state index in [2.05, 4.69) is 15.3 Å². The predicted octanol–water partition coefficient (Wildman–Crippen LogP) is 0.912. The average Bonchev–Trinajstić information content (AvgIpc) is 2.71. The minimum absolute atomic E-state index is 0.683. The molecule has 0 aliphatic rings. The predicted molar refractivity (Wildman–Crippen MR) is 47.0 cm³/mol. The maximum atomic E-state index is 5.09. The van der Waals surface area contributed by atoms with Crippen molar-refractivity contribution >= 4 is 0 Å². The molecule has 0 bridgehead atoms. The van der Waals surface area contributed by atoms with E-state index in [0.29, 0.717) is 5.75 Å². The van der Waals surface area contributed by atoms with Crippen molar-refractivity contribution < 1.29 is 4.74 Å². The van der Waals surface area contributed by atoms with E-state index in [1.165, 1.54) is 0 Å². The van der Waals surface area contributed by atoms with E-state index in [1.807, 2.05) is 13.1 Å². The molecule has 0 saturated heterocycles. The number of methoxy groups -OCH3 is 1. The Bertz CT molecular complexity index is 404. The molecule has 5 nitrogen and oxygen atoms in total. The van der Waals surface area contributed by atoms with E-state index >= 15 is 0 Å². The van der Waals surface area contributed by atoms with Crippen molar-refractivity contribution in [2.75, 3.05) is 7.11 Å². The van der Waals surface area contributed by atoms with Gasteiger partial charge >= 0.3 is 0 Å². The molecule has 0 amide bonds. The molecule has 2 heterocycles. The summed E-state index contributed by atoms with van der Waals surface area (Å²) in [5, 5.41) is 10.8. The summed E-state index contributed by atoms with van der Waals surface area (Å²) in [6, 6.07) is 0. The molecular weight excluding hydrogens is 168 g/mol. The van der Waals surface area contributed by atoms with Crippen molar-refractivity contribution in [1.29, 1.82) is 0 Å². The van der Waals surface area contributed by atoms with Crippen molar-refractivity contribution in [2.45, 2.75) is 6.92 Å². The van der Waals surface area contributed by atoms with Crippen LogP contribution in [0, 0.1) is 6.92 Å². The van der Waals surface area contributed by atoms with Crippen LogP contribution in [-0.4, -0.2) is 27.1 Å². The summed E-state index contributed by atoms with van der Waals surface area (Å²) in [7, 11) is 1.60. The number of aryl methyl sites for hydroxylation is 1. The fourth-order valence-electron chi connectivity index (χ4n) is 1.12.